The van der Waals surface area contributed by atoms with Gasteiger partial charge in [-0.1, -0.05) is 18.2 Å². The summed E-state index contributed by atoms with van der Waals surface area (Å²) in [6.07, 6.45) is 3.17. The number of carbonyl (C=O) groups excluding carboxylic acids is 1. The molecule has 0 unspecified atom stereocenters. The smallest absolute Gasteiger partial charge is 0.319 e. The molecule has 0 aliphatic carbocycles. The summed E-state index contributed by atoms with van der Waals surface area (Å²) in [5.41, 5.74) is 1.67. The number of rotatable bonds is 5. The number of nitrogens with one attached hydrogen (secondary N) is 4. The normalized spacial score (nSPS) is 11.6. The van der Waals surface area contributed by atoms with Crippen molar-refractivity contribution in [2.24, 2.45) is 0 Å². The number of para-hydroxylation sites is 1. The lowest BCUT2D eigenvalue weighted by Gasteiger charge is -2.15. The quantitative estimate of drug-likeness (QED) is 0.663. The van der Waals surface area contributed by atoms with E-state index in [9.17, 15) is 4.79 Å². The molecule has 2 amide bonds. The third-order valence-electron chi connectivity index (χ3n) is 2.52. The summed E-state index contributed by atoms with van der Waals surface area (Å²) in [6.45, 7) is 2.59. The molecule has 2 rings (SSSR count). The van der Waals surface area contributed by atoms with E-state index in [4.69, 9.17) is 0 Å². The number of hydrogen-bond acceptors (Lipinski definition) is 3. The Balaban J connectivity index is 1.72. The van der Waals surface area contributed by atoms with E-state index >= 15 is 0 Å². The molecule has 6 nitrogen and oxygen atoms in total. The molecule has 100 valence electrons. The van der Waals surface area contributed by atoms with Gasteiger partial charge in [0.1, 0.15) is 0 Å². The first-order valence-corrected chi connectivity index (χ1v) is 6.09. The van der Waals surface area contributed by atoms with Crippen molar-refractivity contribution in [2.75, 3.05) is 17.2 Å². The van der Waals surface area contributed by atoms with E-state index in [0.29, 0.717) is 12.2 Å². The number of carbonyl (C=O) groups is 1. The van der Waals surface area contributed by atoms with Crippen LogP contribution >= 0.6 is 0 Å². The fourth-order valence-electron chi connectivity index (χ4n) is 1.59. The fourth-order valence-corrected chi connectivity index (χ4v) is 1.59. The molecular weight excluding hydrogens is 242 g/mol. The molecule has 0 saturated carbocycles. The molecule has 1 aromatic heterocycles. The number of hydrogen-bond donors (Lipinski definition) is 4. The van der Waals surface area contributed by atoms with Crippen LogP contribution in [0.15, 0.2) is 42.7 Å². The van der Waals surface area contributed by atoms with E-state index in [0.717, 1.165) is 5.69 Å². The Morgan fingerprint density at radius 1 is 1.32 bits per heavy atom. The lowest BCUT2D eigenvalue weighted by molar-refractivity contribution is 0.249. The van der Waals surface area contributed by atoms with Crippen molar-refractivity contribution < 1.29 is 4.79 Å². The summed E-state index contributed by atoms with van der Waals surface area (Å²) >= 11 is 0. The lowest BCUT2D eigenvalue weighted by Crippen LogP contribution is -2.39. The average Bonchev–Trinajstić information content (AvgIpc) is 2.90. The SMILES string of the molecule is C[C@@H](CNc1ccccc1)NC(=O)Nc1cn[nH]c1. The van der Waals surface area contributed by atoms with Crippen molar-refractivity contribution in [3.05, 3.63) is 42.7 Å². The van der Waals surface area contributed by atoms with Crippen molar-refractivity contribution in [3.8, 4) is 0 Å². The van der Waals surface area contributed by atoms with E-state index in [1.165, 1.54) is 0 Å². The topological polar surface area (TPSA) is 81.8 Å². The molecule has 0 saturated heterocycles. The molecule has 1 aromatic carbocycles. The van der Waals surface area contributed by atoms with Crippen LogP contribution in [0.5, 0.6) is 0 Å². The Morgan fingerprint density at radius 2 is 2.11 bits per heavy atom. The van der Waals surface area contributed by atoms with E-state index in [1.807, 2.05) is 37.3 Å². The van der Waals surface area contributed by atoms with E-state index in [-0.39, 0.29) is 12.1 Å². The van der Waals surface area contributed by atoms with Crippen LogP contribution in [0, 0.1) is 0 Å². The van der Waals surface area contributed by atoms with Gasteiger partial charge in [-0.25, -0.2) is 4.79 Å². The monoisotopic (exact) mass is 259 g/mol. The second kappa shape index (κ2) is 6.44. The van der Waals surface area contributed by atoms with Crippen LogP contribution < -0.4 is 16.0 Å². The summed E-state index contributed by atoms with van der Waals surface area (Å²) in [4.78, 5) is 11.6. The predicted octanol–water partition coefficient (Wildman–Crippen LogP) is 2.03. The van der Waals surface area contributed by atoms with Crippen molar-refractivity contribution in [3.63, 3.8) is 0 Å². The van der Waals surface area contributed by atoms with Crippen molar-refractivity contribution in [1.29, 1.82) is 0 Å². The Morgan fingerprint density at radius 3 is 2.79 bits per heavy atom. The average molecular weight is 259 g/mol. The van der Waals surface area contributed by atoms with Gasteiger partial charge in [0.15, 0.2) is 0 Å². The summed E-state index contributed by atoms with van der Waals surface area (Å²) in [5.74, 6) is 0. The van der Waals surface area contributed by atoms with Crippen molar-refractivity contribution in [1.82, 2.24) is 15.5 Å². The molecule has 0 bridgehead atoms. The third kappa shape index (κ3) is 4.34. The predicted molar refractivity (Wildman–Crippen MR) is 75.1 cm³/mol. The van der Waals surface area contributed by atoms with Gasteiger partial charge in [-0.2, -0.15) is 5.10 Å². The third-order valence-corrected chi connectivity index (χ3v) is 2.52. The Kier molecular flexibility index (Phi) is 4.39. The molecule has 19 heavy (non-hydrogen) atoms. The summed E-state index contributed by atoms with van der Waals surface area (Å²) in [7, 11) is 0. The first-order chi connectivity index (χ1) is 9.24. The minimum atomic E-state index is -0.247. The van der Waals surface area contributed by atoms with Gasteiger partial charge in [-0.15, -0.1) is 0 Å². The minimum Gasteiger partial charge on any atom is -0.383 e. The van der Waals surface area contributed by atoms with Gasteiger partial charge in [0.25, 0.3) is 0 Å². The summed E-state index contributed by atoms with van der Waals surface area (Å²) < 4.78 is 0. The molecule has 4 N–H and O–H groups in total. The van der Waals surface area contributed by atoms with Gasteiger partial charge < -0.3 is 16.0 Å². The zero-order chi connectivity index (χ0) is 13.5. The largest absolute Gasteiger partial charge is 0.383 e. The van der Waals surface area contributed by atoms with Crippen LogP contribution in [0.4, 0.5) is 16.2 Å². The van der Waals surface area contributed by atoms with Crippen LogP contribution in [-0.4, -0.2) is 28.8 Å². The molecule has 0 radical (unpaired) electrons. The van der Waals surface area contributed by atoms with E-state index < -0.39 is 0 Å². The zero-order valence-electron chi connectivity index (χ0n) is 10.7. The molecule has 0 spiro atoms. The highest BCUT2D eigenvalue weighted by atomic mass is 16.2. The zero-order valence-corrected chi connectivity index (χ0v) is 10.7. The number of anilines is 2. The molecule has 1 heterocycles. The van der Waals surface area contributed by atoms with Gasteiger partial charge in [0.05, 0.1) is 11.9 Å². The van der Waals surface area contributed by atoms with Gasteiger partial charge in [0, 0.05) is 24.5 Å². The highest BCUT2D eigenvalue weighted by Gasteiger charge is 2.07. The summed E-state index contributed by atoms with van der Waals surface area (Å²) in [5, 5.41) is 15.1. The van der Waals surface area contributed by atoms with Gasteiger partial charge >= 0.3 is 6.03 Å². The maximum atomic E-state index is 11.6. The number of amides is 2. The first kappa shape index (κ1) is 12.9. The second-order valence-corrected chi connectivity index (χ2v) is 4.23. The van der Waals surface area contributed by atoms with Gasteiger partial charge in [-0.3, -0.25) is 5.10 Å². The van der Waals surface area contributed by atoms with Crippen LogP contribution in [0.1, 0.15) is 6.92 Å². The maximum Gasteiger partial charge on any atom is 0.319 e. The van der Waals surface area contributed by atoms with Crippen molar-refractivity contribution >= 4 is 17.4 Å². The number of aromatic nitrogens is 2. The van der Waals surface area contributed by atoms with E-state index in [2.05, 4.69) is 26.1 Å². The number of urea groups is 1. The minimum absolute atomic E-state index is 0.00658. The molecule has 0 fully saturated rings. The summed E-state index contributed by atoms with van der Waals surface area (Å²) in [6, 6.07) is 9.62. The van der Waals surface area contributed by atoms with Crippen LogP contribution in [0.3, 0.4) is 0 Å². The first-order valence-electron chi connectivity index (χ1n) is 6.09. The maximum absolute atomic E-state index is 11.6. The number of H-pyrrole nitrogens is 1. The van der Waals surface area contributed by atoms with Crippen LogP contribution in [-0.2, 0) is 0 Å². The number of benzene rings is 1. The van der Waals surface area contributed by atoms with Crippen LogP contribution in [0.25, 0.3) is 0 Å². The Bertz CT molecular complexity index is 497. The highest BCUT2D eigenvalue weighted by Crippen LogP contribution is 2.05. The number of aromatic amines is 1. The fraction of sp³-hybridized carbons (Fsp3) is 0.231. The molecular formula is C13H17N5O. The standard InChI is InChI=1S/C13H17N5O/c1-10(7-14-11-5-3-2-4-6-11)17-13(19)18-12-8-15-16-9-12/h2-6,8-10,14H,7H2,1H3,(H,15,16)(H2,17,18,19)/t10-/m0/s1. The molecule has 1 atom stereocenters. The Hall–Kier alpha value is -2.50. The molecule has 0 aliphatic heterocycles. The molecule has 6 heteroatoms. The number of nitrogens with zero attached hydrogens (tertiary/aromatic N) is 1. The molecule has 0 aliphatic rings. The van der Waals surface area contributed by atoms with Crippen molar-refractivity contribution in [2.45, 2.75) is 13.0 Å². The Labute approximate surface area is 111 Å². The van der Waals surface area contributed by atoms with Gasteiger partial charge in [-0.05, 0) is 19.1 Å². The van der Waals surface area contributed by atoms with E-state index in [1.54, 1.807) is 12.4 Å². The lowest BCUT2D eigenvalue weighted by atomic mass is 10.3. The van der Waals surface area contributed by atoms with Crippen LogP contribution in [0.2, 0.25) is 0 Å². The second-order valence-electron chi connectivity index (χ2n) is 4.23. The molecule has 2 aromatic rings. The van der Waals surface area contributed by atoms with Gasteiger partial charge in [0.2, 0.25) is 0 Å². The highest BCUT2D eigenvalue weighted by molar-refractivity contribution is 5.89.